The molecule has 1 aromatic heterocycles. The van der Waals surface area contributed by atoms with Crippen LogP contribution >= 0.6 is 34.5 Å². The number of nitrogens with zero attached hydrogens (tertiary/aromatic N) is 1. The van der Waals surface area contributed by atoms with Crippen molar-refractivity contribution < 1.29 is 8.42 Å². The molecule has 2 aromatic rings. The highest BCUT2D eigenvalue weighted by Gasteiger charge is 2.23. The highest BCUT2D eigenvalue weighted by atomic mass is 35.5. The van der Waals surface area contributed by atoms with Crippen LogP contribution in [0.1, 0.15) is 24.8 Å². The minimum Gasteiger partial charge on any atom is -0.299 e. The molecule has 0 aliphatic carbocycles. The van der Waals surface area contributed by atoms with Crippen molar-refractivity contribution in [2.45, 2.75) is 30.7 Å². The third-order valence-corrected chi connectivity index (χ3v) is 7.93. The number of piperidine rings is 1. The van der Waals surface area contributed by atoms with Crippen LogP contribution in [-0.4, -0.2) is 33.0 Å². The van der Waals surface area contributed by atoms with E-state index in [1.54, 1.807) is 0 Å². The summed E-state index contributed by atoms with van der Waals surface area (Å²) in [4.78, 5) is 2.54. The largest absolute Gasteiger partial charge is 0.299 e. The van der Waals surface area contributed by atoms with Gasteiger partial charge in [-0.25, -0.2) is 13.1 Å². The lowest BCUT2D eigenvalue weighted by molar-refractivity contribution is 0.173. The van der Waals surface area contributed by atoms with Gasteiger partial charge in [0.2, 0.25) is 10.0 Å². The summed E-state index contributed by atoms with van der Waals surface area (Å²) >= 11 is 12.9. The van der Waals surface area contributed by atoms with Crippen LogP contribution in [0.4, 0.5) is 0 Å². The zero-order valence-corrected chi connectivity index (χ0v) is 17.5. The number of thiophene rings is 1. The molecule has 1 aromatic carbocycles. The van der Waals surface area contributed by atoms with Gasteiger partial charge in [0.25, 0.3) is 0 Å². The maximum absolute atomic E-state index is 12.3. The summed E-state index contributed by atoms with van der Waals surface area (Å²) in [6.07, 6.45) is 3.03. The Bertz CT molecular complexity index is 817. The van der Waals surface area contributed by atoms with Gasteiger partial charge in [-0.1, -0.05) is 53.5 Å². The molecule has 0 saturated carbocycles. The monoisotopic (exact) mass is 432 g/mol. The lowest BCUT2D eigenvalue weighted by atomic mass is 9.93. The lowest BCUT2D eigenvalue weighted by Gasteiger charge is -2.32. The van der Waals surface area contributed by atoms with Crippen molar-refractivity contribution in [1.29, 1.82) is 0 Å². The van der Waals surface area contributed by atoms with Crippen LogP contribution in [0.2, 0.25) is 8.67 Å². The van der Waals surface area contributed by atoms with Crippen LogP contribution in [0.5, 0.6) is 0 Å². The summed E-state index contributed by atoms with van der Waals surface area (Å²) in [5.41, 5.74) is 1.34. The summed E-state index contributed by atoms with van der Waals surface area (Å²) in [7, 11) is -3.59. The van der Waals surface area contributed by atoms with Crippen LogP contribution in [0, 0.1) is 5.92 Å². The van der Waals surface area contributed by atoms with Gasteiger partial charge in [0.05, 0.1) is 4.34 Å². The van der Waals surface area contributed by atoms with E-state index < -0.39 is 10.0 Å². The van der Waals surface area contributed by atoms with E-state index in [0.717, 1.165) is 50.2 Å². The van der Waals surface area contributed by atoms with Crippen molar-refractivity contribution >= 4 is 44.6 Å². The SMILES string of the molecule is O=S(=O)(NCCC1CCN(Cc2ccccc2)CC1)c1cc(Cl)sc1Cl. The van der Waals surface area contributed by atoms with Gasteiger partial charge < -0.3 is 0 Å². The number of likely N-dealkylation sites (tertiary alicyclic amines) is 1. The van der Waals surface area contributed by atoms with E-state index in [2.05, 4.69) is 33.9 Å². The third kappa shape index (κ3) is 5.44. The van der Waals surface area contributed by atoms with Crippen LogP contribution in [0.25, 0.3) is 0 Å². The summed E-state index contributed by atoms with van der Waals surface area (Å²) < 4.78 is 27.8. The van der Waals surface area contributed by atoms with Crippen molar-refractivity contribution in [3.05, 3.63) is 50.6 Å². The molecule has 3 rings (SSSR count). The second kappa shape index (κ2) is 9.04. The highest BCUT2D eigenvalue weighted by molar-refractivity contribution is 7.89. The maximum atomic E-state index is 12.3. The highest BCUT2D eigenvalue weighted by Crippen LogP contribution is 2.34. The van der Waals surface area contributed by atoms with Gasteiger partial charge in [-0.05, 0) is 49.9 Å². The van der Waals surface area contributed by atoms with Gasteiger partial charge in [-0.2, -0.15) is 0 Å². The lowest BCUT2D eigenvalue weighted by Crippen LogP contribution is -2.34. The number of hydrogen-bond donors (Lipinski definition) is 1. The molecule has 1 saturated heterocycles. The summed E-state index contributed by atoms with van der Waals surface area (Å²) in [5, 5.41) is 0. The number of nitrogens with one attached hydrogen (secondary N) is 1. The van der Waals surface area contributed by atoms with Crippen LogP contribution in [0.15, 0.2) is 41.3 Å². The molecule has 1 aliphatic heterocycles. The number of halogens is 2. The molecule has 0 atom stereocenters. The predicted octanol–water partition coefficient (Wildman–Crippen LogP) is 4.64. The summed E-state index contributed by atoms with van der Waals surface area (Å²) in [5.74, 6) is 0.547. The maximum Gasteiger partial charge on any atom is 0.242 e. The van der Waals surface area contributed by atoms with Crippen molar-refractivity contribution in [2.24, 2.45) is 5.92 Å². The Morgan fingerprint density at radius 1 is 1.15 bits per heavy atom. The first-order chi connectivity index (χ1) is 12.4. The molecule has 1 N–H and O–H groups in total. The van der Waals surface area contributed by atoms with Crippen LogP contribution in [0.3, 0.4) is 0 Å². The zero-order valence-electron chi connectivity index (χ0n) is 14.3. The molecular formula is C18H22Cl2N2O2S2. The molecule has 0 spiro atoms. The average molecular weight is 433 g/mol. The quantitative estimate of drug-likeness (QED) is 0.693. The fourth-order valence-electron chi connectivity index (χ4n) is 3.26. The van der Waals surface area contributed by atoms with Crippen LogP contribution in [-0.2, 0) is 16.6 Å². The average Bonchev–Trinajstić information content (AvgIpc) is 2.96. The van der Waals surface area contributed by atoms with E-state index >= 15 is 0 Å². The Hall–Kier alpha value is -0.630. The summed E-state index contributed by atoms with van der Waals surface area (Å²) in [6, 6.07) is 11.9. The second-order valence-electron chi connectivity index (χ2n) is 6.58. The van der Waals surface area contributed by atoms with Gasteiger partial charge in [0.1, 0.15) is 9.23 Å². The van der Waals surface area contributed by atoms with Crippen molar-refractivity contribution in [1.82, 2.24) is 9.62 Å². The molecule has 0 amide bonds. The van der Waals surface area contributed by atoms with Crippen LogP contribution < -0.4 is 4.72 Å². The second-order valence-corrected chi connectivity index (χ2v) is 10.6. The molecule has 0 unspecified atom stereocenters. The normalized spacial score (nSPS) is 16.8. The first-order valence-corrected chi connectivity index (χ1v) is 11.7. The molecule has 2 heterocycles. The van der Waals surface area contributed by atoms with E-state index in [-0.39, 0.29) is 9.23 Å². The number of hydrogen-bond acceptors (Lipinski definition) is 4. The Labute approximate surface area is 169 Å². The molecule has 142 valence electrons. The third-order valence-electron chi connectivity index (χ3n) is 4.72. The predicted molar refractivity (Wildman–Crippen MR) is 109 cm³/mol. The molecular weight excluding hydrogens is 411 g/mol. The smallest absolute Gasteiger partial charge is 0.242 e. The number of benzene rings is 1. The summed E-state index contributed by atoms with van der Waals surface area (Å²) in [6.45, 7) is 3.52. The van der Waals surface area contributed by atoms with Gasteiger partial charge in [-0.15, -0.1) is 11.3 Å². The van der Waals surface area contributed by atoms with E-state index in [1.165, 1.54) is 11.6 Å². The van der Waals surface area contributed by atoms with Crippen molar-refractivity contribution in [3.63, 3.8) is 0 Å². The van der Waals surface area contributed by atoms with Crippen molar-refractivity contribution in [2.75, 3.05) is 19.6 Å². The van der Waals surface area contributed by atoms with Gasteiger partial charge in [0, 0.05) is 13.1 Å². The fourth-order valence-corrected chi connectivity index (χ4v) is 6.45. The molecule has 1 aliphatic rings. The number of sulfonamides is 1. The zero-order chi connectivity index (χ0) is 18.6. The Morgan fingerprint density at radius 3 is 2.46 bits per heavy atom. The first-order valence-electron chi connectivity index (χ1n) is 8.65. The first kappa shape index (κ1) is 20.1. The Morgan fingerprint density at radius 2 is 1.85 bits per heavy atom. The standard InChI is InChI=1S/C18H22Cl2N2O2S2/c19-17-12-16(18(20)25-17)26(23,24)21-9-6-14-7-10-22(11-8-14)13-15-4-2-1-3-5-15/h1-5,12,14,21H,6-11,13H2. The minimum absolute atomic E-state index is 0.0758. The molecule has 0 radical (unpaired) electrons. The van der Waals surface area contributed by atoms with Gasteiger partial charge >= 0.3 is 0 Å². The fraction of sp³-hybridized carbons (Fsp3) is 0.444. The van der Waals surface area contributed by atoms with Crippen molar-refractivity contribution in [3.8, 4) is 0 Å². The van der Waals surface area contributed by atoms with Gasteiger partial charge in [0.15, 0.2) is 0 Å². The molecule has 4 nitrogen and oxygen atoms in total. The minimum atomic E-state index is -3.59. The van der Waals surface area contributed by atoms with E-state index in [4.69, 9.17) is 23.2 Å². The molecule has 26 heavy (non-hydrogen) atoms. The van der Waals surface area contributed by atoms with E-state index in [0.29, 0.717) is 16.8 Å². The molecule has 1 fully saturated rings. The number of rotatable bonds is 7. The van der Waals surface area contributed by atoms with E-state index in [1.807, 2.05) is 6.07 Å². The Kier molecular flexibility index (Phi) is 6.99. The Balaban J connectivity index is 1.42. The van der Waals surface area contributed by atoms with Gasteiger partial charge in [-0.3, -0.25) is 4.90 Å². The molecule has 8 heteroatoms. The molecule has 0 bridgehead atoms. The topological polar surface area (TPSA) is 49.4 Å². The van der Waals surface area contributed by atoms with E-state index in [9.17, 15) is 8.42 Å².